The van der Waals surface area contributed by atoms with Crippen molar-refractivity contribution < 1.29 is 18.0 Å². The quantitative estimate of drug-likeness (QED) is 0.515. The first kappa shape index (κ1) is 22.5. The van der Waals surface area contributed by atoms with Gasteiger partial charge in [-0.3, -0.25) is 0 Å². The zero-order chi connectivity index (χ0) is 21.8. The van der Waals surface area contributed by atoms with E-state index in [-0.39, 0.29) is 17.4 Å². The topological polar surface area (TPSA) is 104 Å². The maximum atomic E-state index is 12.8. The number of halogens is 1. The molecule has 2 aromatic carbocycles. The lowest BCUT2D eigenvalue weighted by molar-refractivity contribution is -0.114. The van der Waals surface area contributed by atoms with Gasteiger partial charge in [-0.2, -0.15) is 0 Å². The first-order valence-corrected chi connectivity index (χ1v) is 11.9. The van der Waals surface area contributed by atoms with Gasteiger partial charge in [-0.25, -0.2) is 17.9 Å². The number of hydrogen-bond acceptors (Lipinski definition) is 4. The van der Waals surface area contributed by atoms with Crippen LogP contribution >= 0.6 is 15.9 Å². The van der Waals surface area contributed by atoms with Crippen molar-refractivity contribution in [2.75, 3.05) is 13.6 Å². The van der Waals surface area contributed by atoms with Crippen molar-refractivity contribution in [1.82, 2.24) is 15.4 Å². The number of aldehydes is 1. The fourth-order valence-electron chi connectivity index (χ4n) is 3.77. The molecule has 0 bridgehead atoms. The van der Waals surface area contributed by atoms with Crippen LogP contribution in [0.25, 0.3) is 11.1 Å². The van der Waals surface area contributed by atoms with Crippen LogP contribution in [0.5, 0.6) is 0 Å². The Kier molecular flexibility index (Phi) is 6.95. The molecule has 9 heteroatoms. The van der Waals surface area contributed by atoms with Gasteiger partial charge >= 0.3 is 6.03 Å². The molecular formula is C21H24BrN3O4S. The van der Waals surface area contributed by atoms with E-state index in [1.807, 2.05) is 24.3 Å². The summed E-state index contributed by atoms with van der Waals surface area (Å²) in [6.07, 6.45) is 2.59. The first-order valence-electron chi connectivity index (χ1n) is 9.61. The summed E-state index contributed by atoms with van der Waals surface area (Å²) in [7, 11) is -2.28. The lowest BCUT2D eigenvalue weighted by Gasteiger charge is -2.31. The third-order valence-corrected chi connectivity index (χ3v) is 7.49. The van der Waals surface area contributed by atoms with Gasteiger partial charge in [0.25, 0.3) is 0 Å². The number of benzene rings is 2. The lowest BCUT2D eigenvalue weighted by atomic mass is 9.88. The molecule has 1 aliphatic carbocycles. The van der Waals surface area contributed by atoms with E-state index in [9.17, 15) is 18.0 Å². The summed E-state index contributed by atoms with van der Waals surface area (Å²) < 4.78 is 29.1. The second kappa shape index (κ2) is 9.28. The van der Waals surface area contributed by atoms with Crippen LogP contribution in [-0.4, -0.2) is 39.9 Å². The summed E-state index contributed by atoms with van der Waals surface area (Å²) in [5.41, 5.74) is 0.831. The van der Waals surface area contributed by atoms with Gasteiger partial charge in [0.15, 0.2) is 0 Å². The summed E-state index contributed by atoms with van der Waals surface area (Å²) in [6, 6.07) is 13.9. The van der Waals surface area contributed by atoms with Gasteiger partial charge in [-0.1, -0.05) is 46.6 Å². The Morgan fingerprint density at radius 3 is 2.30 bits per heavy atom. The lowest BCUT2D eigenvalue weighted by Crippen LogP contribution is -2.57. The third-order valence-electron chi connectivity index (χ3n) is 5.52. The van der Waals surface area contributed by atoms with E-state index in [4.69, 9.17) is 0 Å². The summed E-state index contributed by atoms with van der Waals surface area (Å²) in [6.45, 7) is 0.0690. The van der Waals surface area contributed by atoms with Crippen molar-refractivity contribution in [3.05, 3.63) is 53.0 Å². The molecule has 2 aromatic rings. The van der Waals surface area contributed by atoms with Gasteiger partial charge < -0.3 is 15.4 Å². The first-order chi connectivity index (χ1) is 14.3. The van der Waals surface area contributed by atoms with Crippen LogP contribution in [-0.2, 0) is 14.8 Å². The highest BCUT2D eigenvalue weighted by Gasteiger charge is 2.44. The monoisotopic (exact) mass is 493 g/mol. The van der Waals surface area contributed by atoms with E-state index in [0.717, 1.165) is 28.3 Å². The summed E-state index contributed by atoms with van der Waals surface area (Å²) in [5, 5.41) is 5.13. The molecule has 2 amide bonds. The highest BCUT2D eigenvalue weighted by Crippen LogP contribution is 2.34. The highest BCUT2D eigenvalue weighted by atomic mass is 79.9. The summed E-state index contributed by atoms with van der Waals surface area (Å²) in [5.74, 6) is -0.316. The van der Waals surface area contributed by atoms with E-state index in [1.54, 1.807) is 24.3 Å². The number of carbonyl (C=O) groups is 2. The van der Waals surface area contributed by atoms with E-state index < -0.39 is 21.6 Å². The summed E-state index contributed by atoms with van der Waals surface area (Å²) in [4.78, 5) is 23.7. The van der Waals surface area contributed by atoms with Crippen LogP contribution < -0.4 is 15.4 Å². The van der Waals surface area contributed by atoms with Crippen LogP contribution in [0.2, 0.25) is 0 Å². The number of sulfonamides is 1. The minimum atomic E-state index is -3.75. The van der Waals surface area contributed by atoms with Crippen LogP contribution in [0.4, 0.5) is 4.79 Å². The Hall–Kier alpha value is -2.23. The zero-order valence-corrected chi connectivity index (χ0v) is 18.9. The predicted octanol–water partition coefficient (Wildman–Crippen LogP) is 3.06. The molecule has 1 aliphatic rings. The standard InChI is InChI=1S/C21H24BrN3O4S/c1-23-20(27)25-21(14-26)12-2-3-17(21)13-24-30(28,29)19-10-6-16(7-11-19)15-4-8-18(22)9-5-15/h4-11,14,17,24H,2-3,12-13H2,1H3,(H2,23,25,27). The molecule has 1 fully saturated rings. The molecule has 0 radical (unpaired) electrons. The van der Waals surface area contributed by atoms with Crippen LogP contribution in [0.15, 0.2) is 57.9 Å². The Balaban J connectivity index is 1.71. The molecule has 0 saturated heterocycles. The van der Waals surface area contributed by atoms with E-state index in [2.05, 4.69) is 31.3 Å². The maximum Gasteiger partial charge on any atom is 0.315 e. The fourth-order valence-corrected chi connectivity index (χ4v) is 5.12. The number of carbonyl (C=O) groups excluding carboxylic acids is 2. The van der Waals surface area contributed by atoms with Crippen molar-refractivity contribution >= 4 is 38.3 Å². The van der Waals surface area contributed by atoms with Crippen molar-refractivity contribution in [3.63, 3.8) is 0 Å². The minimum absolute atomic E-state index is 0.0690. The second-order valence-corrected chi connectivity index (χ2v) is 10.0. The Labute approximate surface area is 184 Å². The van der Waals surface area contributed by atoms with Crippen LogP contribution in [0.3, 0.4) is 0 Å². The Morgan fingerprint density at radius 1 is 1.13 bits per heavy atom. The molecule has 3 rings (SSSR count). The van der Waals surface area contributed by atoms with Gasteiger partial charge in [0, 0.05) is 24.0 Å². The largest absolute Gasteiger partial charge is 0.341 e. The SMILES string of the molecule is CNC(=O)NC1(C=O)CCCC1CNS(=O)(=O)c1ccc(-c2ccc(Br)cc2)cc1. The van der Waals surface area contributed by atoms with E-state index in [0.29, 0.717) is 12.8 Å². The molecule has 0 aromatic heterocycles. The van der Waals surface area contributed by atoms with Gasteiger partial charge in [-0.05, 0) is 48.2 Å². The van der Waals surface area contributed by atoms with Gasteiger partial charge in [0.05, 0.1) is 4.90 Å². The maximum absolute atomic E-state index is 12.8. The molecule has 1 saturated carbocycles. The van der Waals surface area contributed by atoms with Crippen molar-refractivity contribution in [1.29, 1.82) is 0 Å². The molecule has 7 nitrogen and oxygen atoms in total. The highest BCUT2D eigenvalue weighted by molar-refractivity contribution is 9.10. The van der Waals surface area contributed by atoms with Crippen LogP contribution in [0.1, 0.15) is 19.3 Å². The van der Waals surface area contributed by atoms with E-state index >= 15 is 0 Å². The van der Waals surface area contributed by atoms with Crippen molar-refractivity contribution in [2.24, 2.45) is 5.92 Å². The predicted molar refractivity (Wildman–Crippen MR) is 118 cm³/mol. The van der Waals surface area contributed by atoms with Crippen molar-refractivity contribution in [3.8, 4) is 11.1 Å². The third kappa shape index (κ3) is 4.91. The average Bonchev–Trinajstić information content (AvgIpc) is 3.15. The molecule has 0 aliphatic heterocycles. The van der Waals surface area contributed by atoms with Gasteiger partial charge in [-0.15, -0.1) is 0 Å². The fraction of sp³-hybridized carbons (Fsp3) is 0.333. The molecule has 2 atom stereocenters. The number of nitrogens with one attached hydrogen (secondary N) is 3. The number of amides is 2. The van der Waals surface area contributed by atoms with E-state index in [1.165, 1.54) is 7.05 Å². The molecule has 2 unspecified atom stereocenters. The molecule has 0 spiro atoms. The molecule has 30 heavy (non-hydrogen) atoms. The van der Waals surface area contributed by atoms with Crippen molar-refractivity contribution in [2.45, 2.75) is 29.7 Å². The Bertz CT molecular complexity index is 1010. The molecule has 3 N–H and O–H groups in total. The number of urea groups is 1. The van der Waals surface area contributed by atoms with Gasteiger partial charge in [0.2, 0.25) is 10.0 Å². The van der Waals surface area contributed by atoms with Gasteiger partial charge in [0.1, 0.15) is 11.8 Å². The Morgan fingerprint density at radius 2 is 1.73 bits per heavy atom. The molecular weight excluding hydrogens is 470 g/mol. The number of hydrogen-bond donors (Lipinski definition) is 3. The average molecular weight is 494 g/mol. The van der Waals surface area contributed by atoms with Crippen LogP contribution in [0, 0.1) is 5.92 Å². The molecule has 160 valence electrons. The minimum Gasteiger partial charge on any atom is -0.341 e. The zero-order valence-electron chi connectivity index (χ0n) is 16.5. The number of rotatable bonds is 7. The summed E-state index contributed by atoms with van der Waals surface area (Å²) >= 11 is 3.40. The second-order valence-electron chi connectivity index (χ2n) is 7.33. The molecule has 0 heterocycles. The smallest absolute Gasteiger partial charge is 0.315 e. The normalized spacial score (nSPS) is 21.2.